The van der Waals surface area contributed by atoms with E-state index in [-0.39, 0.29) is 13.2 Å². The van der Waals surface area contributed by atoms with Gasteiger partial charge >= 0.3 is 12.1 Å². The number of nitrogens with one attached hydrogen (secondary N) is 2. The fourth-order valence-corrected chi connectivity index (χ4v) is 1.41. The molecule has 1 aromatic carbocycles. The van der Waals surface area contributed by atoms with Gasteiger partial charge in [-0.15, -0.1) is 0 Å². The Bertz CT molecular complexity index is 449. The largest absolute Gasteiger partial charge is 0.467 e. The first-order valence-corrected chi connectivity index (χ1v) is 5.89. The fourth-order valence-electron chi connectivity index (χ4n) is 1.41. The van der Waals surface area contributed by atoms with E-state index in [4.69, 9.17) is 4.74 Å². The molecule has 0 saturated carbocycles. The summed E-state index contributed by atoms with van der Waals surface area (Å²) in [7, 11) is 1.19. The molecule has 20 heavy (non-hydrogen) atoms. The lowest BCUT2D eigenvalue weighted by Gasteiger charge is -2.15. The monoisotopic (exact) mass is 280 g/mol. The predicted molar refractivity (Wildman–Crippen MR) is 69.6 cm³/mol. The average molecular weight is 280 g/mol. The molecule has 0 aromatic heterocycles. The van der Waals surface area contributed by atoms with Gasteiger partial charge in [0.2, 0.25) is 6.41 Å². The van der Waals surface area contributed by atoms with Crippen LogP contribution in [0.5, 0.6) is 0 Å². The van der Waals surface area contributed by atoms with E-state index in [0.29, 0.717) is 6.41 Å². The highest BCUT2D eigenvalue weighted by Gasteiger charge is 2.21. The third-order valence-corrected chi connectivity index (χ3v) is 2.40. The number of esters is 1. The molecular formula is C13H16N2O5. The van der Waals surface area contributed by atoms with E-state index in [2.05, 4.69) is 15.4 Å². The normalized spacial score (nSPS) is 11.1. The molecule has 0 saturated heterocycles. The van der Waals surface area contributed by atoms with Gasteiger partial charge in [0.05, 0.1) is 7.11 Å². The second-order valence-corrected chi connectivity index (χ2v) is 3.81. The van der Waals surface area contributed by atoms with Gasteiger partial charge in [-0.1, -0.05) is 30.3 Å². The van der Waals surface area contributed by atoms with Crippen molar-refractivity contribution in [2.75, 3.05) is 13.7 Å². The third kappa shape index (κ3) is 5.38. The molecule has 0 heterocycles. The van der Waals surface area contributed by atoms with Gasteiger partial charge in [-0.2, -0.15) is 0 Å². The molecule has 0 fully saturated rings. The Kier molecular flexibility index (Phi) is 6.60. The lowest BCUT2D eigenvalue weighted by Crippen LogP contribution is -2.47. The van der Waals surface area contributed by atoms with E-state index in [1.54, 1.807) is 12.1 Å². The Balaban J connectivity index is 2.44. The Morgan fingerprint density at radius 2 is 2.00 bits per heavy atom. The maximum absolute atomic E-state index is 11.6. The molecular weight excluding hydrogens is 264 g/mol. The molecule has 1 rings (SSSR count). The van der Waals surface area contributed by atoms with Crippen molar-refractivity contribution in [2.45, 2.75) is 12.6 Å². The first-order valence-electron chi connectivity index (χ1n) is 5.89. The van der Waals surface area contributed by atoms with Crippen LogP contribution in [-0.4, -0.2) is 38.2 Å². The lowest BCUT2D eigenvalue weighted by molar-refractivity contribution is -0.142. The number of alkyl carbamates (subject to hydrolysis) is 1. The fraction of sp³-hybridized carbons (Fsp3) is 0.308. The highest BCUT2D eigenvalue weighted by molar-refractivity contribution is 5.81. The average Bonchev–Trinajstić information content (AvgIpc) is 2.49. The van der Waals surface area contributed by atoms with E-state index in [1.165, 1.54) is 7.11 Å². The van der Waals surface area contributed by atoms with Crippen LogP contribution >= 0.6 is 0 Å². The number of benzene rings is 1. The van der Waals surface area contributed by atoms with E-state index >= 15 is 0 Å². The Hall–Kier alpha value is -2.57. The topological polar surface area (TPSA) is 93.7 Å². The van der Waals surface area contributed by atoms with Crippen LogP contribution in [0.1, 0.15) is 5.56 Å². The van der Waals surface area contributed by atoms with Crippen molar-refractivity contribution < 1.29 is 23.9 Å². The second-order valence-electron chi connectivity index (χ2n) is 3.81. The summed E-state index contributed by atoms with van der Waals surface area (Å²) in [6, 6.07) is 8.11. The molecule has 0 radical (unpaired) electrons. The van der Waals surface area contributed by atoms with Crippen LogP contribution < -0.4 is 10.6 Å². The molecule has 0 aliphatic rings. The van der Waals surface area contributed by atoms with E-state index in [1.807, 2.05) is 18.2 Å². The van der Waals surface area contributed by atoms with Gasteiger partial charge in [0, 0.05) is 6.54 Å². The summed E-state index contributed by atoms with van der Waals surface area (Å²) < 4.78 is 9.47. The SMILES string of the molecule is COC(=O)[C@H](CNC=O)NC(=O)OCc1ccccc1. The lowest BCUT2D eigenvalue weighted by atomic mass is 10.2. The third-order valence-electron chi connectivity index (χ3n) is 2.40. The minimum absolute atomic E-state index is 0.0728. The van der Waals surface area contributed by atoms with E-state index in [9.17, 15) is 14.4 Å². The first kappa shape index (κ1) is 15.5. The summed E-state index contributed by atoms with van der Waals surface area (Å²) >= 11 is 0. The summed E-state index contributed by atoms with van der Waals surface area (Å²) in [6.07, 6.45) is -0.343. The Morgan fingerprint density at radius 1 is 1.30 bits per heavy atom. The summed E-state index contributed by atoms with van der Waals surface area (Å²) in [4.78, 5) is 33.1. The zero-order chi connectivity index (χ0) is 14.8. The van der Waals surface area contributed by atoms with Crippen molar-refractivity contribution in [3.8, 4) is 0 Å². The van der Waals surface area contributed by atoms with Gasteiger partial charge in [0.25, 0.3) is 0 Å². The molecule has 7 heteroatoms. The van der Waals surface area contributed by atoms with Gasteiger partial charge in [-0.25, -0.2) is 9.59 Å². The van der Waals surface area contributed by atoms with Crippen molar-refractivity contribution in [3.05, 3.63) is 35.9 Å². The first-order chi connectivity index (χ1) is 9.67. The number of rotatable bonds is 7. The molecule has 0 spiro atoms. The van der Waals surface area contributed by atoms with Crippen LogP contribution in [0, 0.1) is 0 Å². The standard InChI is InChI=1S/C13H16N2O5/c1-19-12(17)11(7-14-9-16)15-13(18)20-8-10-5-3-2-4-6-10/h2-6,9,11H,7-8H2,1H3,(H,14,16)(H,15,18)/t11-/m0/s1. The van der Waals surface area contributed by atoms with Crippen LogP contribution in [0.4, 0.5) is 4.79 Å². The van der Waals surface area contributed by atoms with Crippen LogP contribution in [0.2, 0.25) is 0 Å². The second kappa shape index (κ2) is 8.52. The number of hydrogen-bond acceptors (Lipinski definition) is 5. The highest BCUT2D eigenvalue weighted by atomic mass is 16.6. The number of carbonyl (C=O) groups excluding carboxylic acids is 3. The maximum atomic E-state index is 11.6. The van der Waals surface area contributed by atoms with Crippen molar-refractivity contribution in [1.29, 1.82) is 0 Å². The Labute approximate surface area is 116 Å². The number of hydrogen-bond donors (Lipinski definition) is 2. The Morgan fingerprint density at radius 3 is 2.60 bits per heavy atom. The smallest absolute Gasteiger partial charge is 0.408 e. The molecule has 0 aliphatic carbocycles. The number of ether oxygens (including phenoxy) is 2. The molecule has 0 aliphatic heterocycles. The van der Waals surface area contributed by atoms with E-state index in [0.717, 1.165) is 5.56 Å². The minimum atomic E-state index is -0.992. The molecule has 2 N–H and O–H groups in total. The van der Waals surface area contributed by atoms with Gasteiger partial charge in [0.1, 0.15) is 12.6 Å². The van der Waals surface area contributed by atoms with Crippen molar-refractivity contribution in [1.82, 2.24) is 10.6 Å². The number of carbonyl (C=O) groups is 3. The molecule has 1 aromatic rings. The van der Waals surface area contributed by atoms with Gasteiger partial charge in [0.15, 0.2) is 0 Å². The van der Waals surface area contributed by atoms with Crippen molar-refractivity contribution in [3.63, 3.8) is 0 Å². The summed E-state index contributed by atoms with van der Waals surface area (Å²) in [5, 5.41) is 4.61. The number of methoxy groups -OCH3 is 1. The molecule has 0 unspecified atom stereocenters. The van der Waals surface area contributed by atoms with Gasteiger partial charge in [-0.05, 0) is 5.56 Å². The molecule has 0 bridgehead atoms. The summed E-state index contributed by atoms with van der Waals surface area (Å²) in [6.45, 7) is 0.0122. The van der Waals surface area contributed by atoms with Crippen molar-refractivity contribution >= 4 is 18.5 Å². The summed E-state index contributed by atoms with van der Waals surface area (Å²) in [5.41, 5.74) is 0.822. The number of amides is 2. The minimum Gasteiger partial charge on any atom is -0.467 e. The van der Waals surface area contributed by atoms with Crippen LogP contribution in [0.25, 0.3) is 0 Å². The molecule has 7 nitrogen and oxygen atoms in total. The van der Waals surface area contributed by atoms with Gasteiger partial charge in [-0.3, -0.25) is 4.79 Å². The molecule has 1 atom stereocenters. The summed E-state index contributed by atoms with van der Waals surface area (Å²) in [5.74, 6) is -0.670. The highest BCUT2D eigenvalue weighted by Crippen LogP contribution is 2.00. The van der Waals surface area contributed by atoms with Crippen LogP contribution in [0.15, 0.2) is 30.3 Å². The zero-order valence-electron chi connectivity index (χ0n) is 11.0. The molecule has 108 valence electrons. The molecule has 2 amide bonds. The van der Waals surface area contributed by atoms with Crippen LogP contribution in [0.3, 0.4) is 0 Å². The quantitative estimate of drug-likeness (QED) is 0.549. The predicted octanol–water partition coefficient (Wildman–Crippen LogP) is 0.200. The van der Waals surface area contributed by atoms with Crippen molar-refractivity contribution in [2.24, 2.45) is 0 Å². The zero-order valence-corrected chi connectivity index (χ0v) is 11.0. The van der Waals surface area contributed by atoms with Gasteiger partial charge < -0.3 is 20.1 Å². The van der Waals surface area contributed by atoms with E-state index < -0.39 is 18.1 Å². The maximum Gasteiger partial charge on any atom is 0.408 e. The van der Waals surface area contributed by atoms with Crippen LogP contribution in [-0.2, 0) is 25.7 Å².